The molecule has 0 saturated heterocycles. The summed E-state index contributed by atoms with van der Waals surface area (Å²) in [5.74, 6) is 1.20. The van der Waals surface area contributed by atoms with Gasteiger partial charge in [0, 0.05) is 17.6 Å². The van der Waals surface area contributed by atoms with E-state index in [9.17, 15) is 0 Å². The van der Waals surface area contributed by atoms with Gasteiger partial charge in [-0.05, 0) is 18.1 Å². The SMILES string of the molecule is CCc1cc(CCl)cnc1OC. The normalized spacial score (nSPS) is 9.92. The van der Waals surface area contributed by atoms with Gasteiger partial charge in [-0.1, -0.05) is 6.92 Å². The number of methoxy groups -OCH3 is 1. The zero-order valence-corrected chi connectivity index (χ0v) is 8.06. The molecule has 66 valence electrons. The second-order valence-electron chi connectivity index (χ2n) is 2.50. The Labute approximate surface area is 77.5 Å². The van der Waals surface area contributed by atoms with E-state index in [-0.39, 0.29) is 0 Å². The summed E-state index contributed by atoms with van der Waals surface area (Å²) >= 11 is 5.67. The Morgan fingerprint density at radius 1 is 1.58 bits per heavy atom. The first-order chi connectivity index (χ1) is 5.81. The summed E-state index contributed by atoms with van der Waals surface area (Å²) in [6, 6.07) is 2.03. The van der Waals surface area contributed by atoms with Gasteiger partial charge >= 0.3 is 0 Å². The number of alkyl halides is 1. The number of aromatic nitrogens is 1. The number of hydrogen-bond donors (Lipinski definition) is 0. The number of nitrogens with zero attached hydrogens (tertiary/aromatic N) is 1. The standard InChI is InChI=1S/C9H12ClNO/c1-3-8-4-7(5-10)6-11-9(8)12-2/h4,6H,3,5H2,1-2H3. The van der Waals surface area contributed by atoms with E-state index in [0.29, 0.717) is 11.8 Å². The highest BCUT2D eigenvalue weighted by Gasteiger charge is 2.02. The maximum atomic E-state index is 5.67. The third-order valence-corrected chi connectivity index (χ3v) is 2.02. The molecule has 0 radical (unpaired) electrons. The van der Waals surface area contributed by atoms with Crippen LogP contribution in [-0.4, -0.2) is 12.1 Å². The molecule has 0 bridgehead atoms. The summed E-state index contributed by atoms with van der Waals surface area (Å²) in [4.78, 5) is 4.13. The van der Waals surface area contributed by atoms with Gasteiger partial charge in [0.15, 0.2) is 0 Å². The van der Waals surface area contributed by atoms with Gasteiger partial charge in [0.2, 0.25) is 5.88 Å². The number of halogens is 1. The van der Waals surface area contributed by atoms with Gasteiger partial charge in [-0.3, -0.25) is 0 Å². The smallest absolute Gasteiger partial charge is 0.216 e. The first kappa shape index (κ1) is 9.33. The summed E-state index contributed by atoms with van der Waals surface area (Å²) in [7, 11) is 1.63. The fourth-order valence-corrected chi connectivity index (χ4v) is 1.20. The first-order valence-electron chi connectivity index (χ1n) is 3.89. The third kappa shape index (κ3) is 1.89. The van der Waals surface area contributed by atoms with Gasteiger partial charge < -0.3 is 4.74 Å². The average Bonchev–Trinajstić information content (AvgIpc) is 2.16. The Hall–Kier alpha value is -0.760. The number of ether oxygens (including phenoxy) is 1. The molecule has 0 fully saturated rings. The zero-order valence-electron chi connectivity index (χ0n) is 7.30. The van der Waals surface area contributed by atoms with Gasteiger partial charge in [0.1, 0.15) is 0 Å². The van der Waals surface area contributed by atoms with Crippen LogP contribution in [-0.2, 0) is 12.3 Å². The minimum atomic E-state index is 0.504. The molecule has 0 aliphatic heterocycles. The van der Waals surface area contributed by atoms with E-state index in [1.165, 1.54) is 0 Å². The Kier molecular flexibility index (Phi) is 3.35. The lowest BCUT2D eigenvalue weighted by Crippen LogP contribution is -1.95. The van der Waals surface area contributed by atoms with E-state index < -0.39 is 0 Å². The maximum absolute atomic E-state index is 5.67. The van der Waals surface area contributed by atoms with Crippen LogP contribution in [0, 0.1) is 0 Å². The van der Waals surface area contributed by atoms with Crippen LogP contribution in [0.2, 0.25) is 0 Å². The quantitative estimate of drug-likeness (QED) is 0.675. The molecule has 2 nitrogen and oxygen atoms in total. The summed E-state index contributed by atoms with van der Waals surface area (Å²) in [5, 5.41) is 0. The number of hydrogen-bond acceptors (Lipinski definition) is 2. The number of aryl methyl sites for hydroxylation is 1. The van der Waals surface area contributed by atoms with Gasteiger partial charge in [-0.2, -0.15) is 0 Å². The van der Waals surface area contributed by atoms with Crippen molar-refractivity contribution in [3.8, 4) is 5.88 Å². The second kappa shape index (κ2) is 4.31. The monoisotopic (exact) mass is 185 g/mol. The molecule has 0 atom stereocenters. The van der Waals surface area contributed by atoms with Crippen LogP contribution < -0.4 is 4.74 Å². The van der Waals surface area contributed by atoms with Crippen molar-refractivity contribution in [1.29, 1.82) is 0 Å². The van der Waals surface area contributed by atoms with Crippen LogP contribution in [0.4, 0.5) is 0 Å². The lowest BCUT2D eigenvalue weighted by molar-refractivity contribution is 0.392. The lowest BCUT2D eigenvalue weighted by Gasteiger charge is -2.05. The highest BCUT2D eigenvalue weighted by molar-refractivity contribution is 6.17. The minimum Gasteiger partial charge on any atom is -0.481 e. The van der Waals surface area contributed by atoms with Crippen molar-refractivity contribution in [2.24, 2.45) is 0 Å². The highest BCUT2D eigenvalue weighted by Crippen LogP contribution is 2.17. The molecule has 0 N–H and O–H groups in total. The van der Waals surface area contributed by atoms with E-state index in [2.05, 4.69) is 11.9 Å². The van der Waals surface area contributed by atoms with Crippen LogP contribution in [0.15, 0.2) is 12.3 Å². The molecule has 0 saturated carbocycles. The van der Waals surface area contributed by atoms with Crippen LogP contribution in [0.3, 0.4) is 0 Å². The number of pyridine rings is 1. The van der Waals surface area contributed by atoms with E-state index in [1.807, 2.05) is 6.07 Å². The predicted molar refractivity (Wildman–Crippen MR) is 49.7 cm³/mol. The van der Waals surface area contributed by atoms with Crippen molar-refractivity contribution in [3.05, 3.63) is 23.4 Å². The summed E-state index contributed by atoms with van der Waals surface area (Å²) in [5.41, 5.74) is 2.14. The Bertz CT molecular complexity index is 263. The Morgan fingerprint density at radius 2 is 2.33 bits per heavy atom. The van der Waals surface area contributed by atoms with Crippen LogP contribution >= 0.6 is 11.6 Å². The van der Waals surface area contributed by atoms with Crippen LogP contribution in [0.25, 0.3) is 0 Å². The molecule has 0 aromatic carbocycles. The first-order valence-corrected chi connectivity index (χ1v) is 4.43. The van der Waals surface area contributed by atoms with Crippen LogP contribution in [0.5, 0.6) is 5.88 Å². The summed E-state index contributed by atoms with van der Waals surface area (Å²) in [6.45, 7) is 2.07. The van der Waals surface area contributed by atoms with Gasteiger partial charge in [-0.25, -0.2) is 4.98 Å². The van der Waals surface area contributed by atoms with Gasteiger partial charge in [0.05, 0.1) is 7.11 Å². The van der Waals surface area contributed by atoms with Crippen molar-refractivity contribution in [2.45, 2.75) is 19.2 Å². The highest BCUT2D eigenvalue weighted by atomic mass is 35.5. The van der Waals surface area contributed by atoms with E-state index >= 15 is 0 Å². The lowest BCUT2D eigenvalue weighted by atomic mass is 10.2. The average molecular weight is 186 g/mol. The Balaban J connectivity index is 3.02. The van der Waals surface area contributed by atoms with Crippen molar-refractivity contribution >= 4 is 11.6 Å². The number of rotatable bonds is 3. The fourth-order valence-electron chi connectivity index (χ4n) is 1.06. The molecule has 0 spiro atoms. The van der Waals surface area contributed by atoms with Gasteiger partial charge in [-0.15, -0.1) is 11.6 Å². The molecule has 0 unspecified atom stereocenters. The third-order valence-electron chi connectivity index (χ3n) is 1.71. The largest absolute Gasteiger partial charge is 0.481 e. The molecule has 0 aliphatic rings. The molecule has 12 heavy (non-hydrogen) atoms. The topological polar surface area (TPSA) is 22.1 Å². The van der Waals surface area contributed by atoms with Crippen molar-refractivity contribution < 1.29 is 4.74 Å². The Morgan fingerprint density at radius 3 is 2.83 bits per heavy atom. The molecule has 3 heteroatoms. The molecule has 1 aromatic heterocycles. The van der Waals surface area contributed by atoms with Crippen molar-refractivity contribution in [1.82, 2.24) is 4.98 Å². The fraction of sp³-hybridized carbons (Fsp3) is 0.444. The zero-order chi connectivity index (χ0) is 8.97. The van der Waals surface area contributed by atoms with Crippen molar-refractivity contribution in [2.75, 3.05) is 7.11 Å². The molecular weight excluding hydrogens is 174 g/mol. The minimum absolute atomic E-state index is 0.504. The molecular formula is C9H12ClNO. The van der Waals surface area contributed by atoms with E-state index in [1.54, 1.807) is 13.3 Å². The molecule has 1 heterocycles. The predicted octanol–water partition coefficient (Wildman–Crippen LogP) is 2.39. The van der Waals surface area contributed by atoms with Crippen LogP contribution in [0.1, 0.15) is 18.1 Å². The summed E-state index contributed by atoms with van der Waals surface area (Å²) in [6.07, 6.45) is 2.66. The van der Waals surface area contributed by atoms with E-state index in [0.717, 1.165) is 17.5 Å². The van der Waals surface area contributed by atoms with E-state index in [4.69, 9.17) is 16.3 Å². The summed E-state index contributed by atoms with van der Waals surface area (Å²) < 4.78 is 5.08. The maximum Gasteiger partial charge on any atom is 0.216 e. The molecule has 1 rings (SSSR count). The second-order valence-corrected chi connectivity index (χ2v) is 2.77. The van der Waals surface area contributed by atoms with Gasteiger partial charge in [0.25, 0.3) is 0 Å². The molecule has 1 aromatic rings. The molecule has 0 aliphatic carbocycles. The van der Waals surface area contributed by atoms with Crippen molar-refractivity contribution in [3.63, 3.8) is 0 Å². The molecule has 0 amide bonds.